The second-order valence-corrected chi connectivity index (χ2v) is 4.52. The van der Waals surface area contributed by atoms with Crippen LogP contribution in [-0.4, -0.2) is 39.8 Å². The fraction of sp³-hybridized carbons (Fsp3) is 0.545. The van der Waals surface area contributed by atoms with Crippen LogP contribution in [0.1, 0.15) is 25.2 Å². The predicted molar refractivity (Wildman–Crippen MR) is 67.8 cm³/mol. The second kappa shape index (κ2) is 5.93. The molecule has 0 bridgehead atoms. The summed E-state index contributed by atoms with van der Waals surface area (Å²) in [4.78, 5) is 8.89. The number of anilines is 1. The lowest BCUT2D eigenvalue weighted by Crippen LogP contribution is -2.40. The normalized spacial score (nSPS) is 12.8. The van der Waals surface area contributed by atoms with Gasteiger partial charge in [0.2, 0.25) is 5.95 Å². The SMILES string of the molecule is Cc1cc(/C(N)=N/O)nc(N(CC(F)(F)F)C(C)C)n1. The third kappa shape index (κ3) is 4.25. The number of nitrogens with zero attached hydrogens (tertiary/aromatic N) is 4. The first-order chi connectivity index (χ1) is 9.14. The highest BCUT2D eigenvalue weighted by molar-refractivity contribution is 5.95. The summed E-state index contributed by atoms with van der Waals surface area (Å²) >= 11 is 0. The van der Waals surface area contributed by atoms with Gasteiger partial charge in [-0.2, -0.15) is 13.2 Å². The van der Waals surface area contributed by atoms with Gasteiger partial charge in [0.1, 0.15) is 12.2 Å². The van der Waals surface area contributed by atoms with E-state index in [1.165, 1.54) is 6.07 Å². The van der Waals surface area contributed by atoms with Gasteiger partial charge in [-0.25, -0.2) is 9.97 Å². The van der Waals surface area contributed by atoms with Crippen LogP contribution < -0.4 is 10.6 Å². The molecule has 1 aromatic heterocycles. The summed E-state index contributed by atoms with van der Waals surface area (Å²) in [5.74, 6) is -0.397. The lowest BCUT2D eigenvalue weighted by molar-refractivity contribution is -0.120. The Morgan fingerprint density at radius 1 is 1.45 bits per heavy atom. The lowest BCUT2D eigenvalue weighted by Gasteiger charge is -2.28. The van der Waals surface area contributed by atoms with Crippen molar-refractivity contribution in [2.45, 2.75) is 33.0 Å². The van der Waals surface area contributed by atoms with Gasteiger partial charge in [-0.15, -0.1) is 0 Å². The number of hydrogen-bond acceptors (Lipinski definition) is 5. The monoisotopic (exact) mass is 291 g/mol. The third-order valence-electron chi connectivity index (χ3n) is 2.44. The third-order valence-corrected chi connectivity index (χ3v) is 2.44. The number of rotatable bonds is 4. The van der Waals surface area contributed by atoms with E-state index in [1.54, 1.807) is 20.8 Å². The van der Waals surface area contributed by atoms with E-state index in [2.05, 4.69) is 15.1 Å². The van der Waals surface area contributed by atoms with Crippen molar-refractivity contribution < 1.29 is 18.4 Å². The molecule has 0 fully saturated rings. The van der Waals surface area contributed by atoms with Crippen LogP contribution in [0.25, 0.3) is 0 Å². The quantitative estimate of drug-likeness (QED) is 0.381. The molecular weight excluding hydrogens is 275 g/mol. The molecule has 0 aromatic carbocycles. The molecule has 0 spiro atoms. The Balaban J connectivity index is 3.24. The maximum atomic E-state index is 12.6. The average Bonchev–Trinajstić information content (AvgIpc) is 2.32. The molecule has 0 aliphatic heterocycles. The Morgan fingerprint density at radius 3 is 2.50 bits per heavy atom. The first-order valence-electron chi connectivity index (χ1n) is 5.81. The van der Waals surface area contributed by atoms with Crippen LogP contribution in [0.15, 0.2) is 11.2 Å². The van der Waals surface area contributed by atoms with E-state index >= 15 is 0 Å². The number of amidine groups is 1. The zero-order valence-electron chi connectivity index (χ0n) is 11.3. The second-order valence-electron chi connectivity index (χ2n) is 4.52. The molecule has 0 atom stereocenters. The van der Waals surface area contributed by atoms with Crippen molar-refractivity contribution in [2.75, 3.05) is 11.4 Å². The standard InChI is InChI=1S/C11H16F3N5O/c1-6(2)19(5-11(12,13)14)10-16-7(3)4-8(17-10)9(15)18-20/h4,6,20H,5H2,1-3H3,(H2,15,18). The Kier molecular flexibility index (Phi) is 4.74. The molecule has 112 valence electrons. The van der Waals surface area contributed by atoms with Gasteiger partial charge in [0, 0.05) is 11.7 Å². The number of halogens is 3. The minimum absolute atomic E-state index is 0.0721. The molecule has 1 aromatic rings. The summed E-state index contributed by atoms with van der Waals surface area (Å²) in [5.41, 5.74) is 5.90. The summed E-state index contributed by atoms with van der Waals surface area (Å²) in [6.45, 7) is 3.61. The summed E-state index contributed by atoms with van der Waals surface area (Å²) < 4.78 is 37.8. The molecule has 1 rings (SSSR count). The van der Waals surface area contributed by atoms with Crippen LogP contribution in [0.2, 0.25) is 0 Å². The molecule has 9 heteroatoms. The Hall–Kier alpha value is -2.06. The number of alkyl halides is 3. The summed E-state index contributed by atoms with van der Waals surface area (Å²) in [6, 6.07) is 0.962. The molecule has 0 aliphatic rings. The molecule has 0 saturated heterocycles. The van der Waals surface area contributed by atoms with E-state index in [9.17, 15) is 13.2 Å². The Labute approximate surface area is 114 Å². The van der Waals surface area contributed by atoms with Gasteiger partial charge < -0.3 is 15.8 Å². The smallest absolute Gasteiger partial charge is 0.406 e. The van der Waals surface area contributed by atoms with E-state index in [0.717, 1.165) is 4.90 Å². The molecule has 0 saturated carbocycles. The van der Waals surface area contributed by atoms with Crippen LogP contribution in [0.5, 0.6) is 0 Å². The van der Waals surface area contributed by atoms with Gasteiger partial charge in [0.15, 0.2) is 5.84 Å². The molecular formula is C11H16F3N5O. The minimum atomic E-state index is -4.38. The van der Waals surface area contributed by atoms with Crippen LogP contribution in [0.4, 0.5) is 19.1 Å². The van der Waals surface area contributed by atoms with E-state index in [-0.39, 0.29) is 17.5 Å². The molecule has 6 nitrogen and oxygen atoms in total. The molecule has 0 unspecified atom stereocenters. The largest absolute Gasteiger partial charge is 0.409 e. The fourth-order valence-electron chi connectivity index (χ4n) is 1.54. The molecule has 3 N–H and O–H groups in total. The van der Waals surface area contributed by atoms with Gasteiger partial charge in [-0.05, 0) is 26.8 Å². The maximum absolute atomic E-state index is 12.6. The molecule has 0 radical (unpaired) electrons. The number of hydrogen-bond donors (Lipinski definition) is 2. The summed E-state index contributed by atoms with van der Waals surface area (Å²) in [6.07, 6.45) is -4.38. The van der Waals surface area contributed by atoms with Gasteiger partial charge in [0.05, 0.1) is 0 Å². The van der Waals surface area contributed by atoms with Crippen LogP contribution in [0, 0.1) is 6.92 Å². The van der Waals surface area contributed by atoms with Crippen molar-refractivity contribution in [1.82, 2.24) is 9.97 Å². The zero-order valence-corrected chi connectivity index (χ0v) is 11.3. The van der Waals surface area contributed by atoms with Crippen LogP contribution in [-0.2, 0) is 0 Å². The highest BCUT2D eigenvalue weighted by atomic mass is 19.4. The van der Waals surface area contributed by atoms with Crippen LogP contribution in [0.3, 0.4) is 0 Å². The topological polar surface area (TPSA) is 87.6 Å². The highest BCUT2D eigenvalue weighted by Gasteiger charge is 2.33. The zero-order chi connectivity index (χ0) is 15.5. The van der Waals surface area contributed by atoms with Gasteiger partial charge in [-0.3, -0.25) is 0 Å². The van der Waals surface area contributed by atoms with E-state index < -0.39 is 18.8 Å². The Morgan fingerprint density at radius 2 is 2.05 bits per heavy atom. The van der Waals surface area contributed by atoms with E-state index in [1.807, 2.05) is 0 Å². The molecule has 0 amide bonds. The first-order valence-corrected chi connectivity index (χ1v) is 5.81. The summed E-state index contributed by atoms with van der Waals surface area (Å²) in [5, 5.41) is 11.4. The van der Waals surface area contributed by atoms with Crippen molar-refractivity contribution >= 4 is 11.8 Å². The van der Waals surface area contributed by atoms with Gasteiger partial charge in [-0.1, -0.05) is 5.16 Å². The molecule has 1 heterocycles. The van der Waals surface area contributed by atoms with Crippen molar-refractivity contribution in [3.05, 3.63) is 17.5 Å². The first kappa shape index (κ1) is 16.0. The number of oxime groups is 1. The van der Waals surface area contributed by atoms with Crippen molar-refractivity contribution in [2.24, 2.45) is 10.9 Å². The predicted octanol–water partition coefficient (Wildman–Crippen LogP) is 1.66. The van der Waals surface area contributed by atoms with Gasteiger partial charge in [0.25, 0.3) is 0 Å². The van der Waals surface area contributed by atoms with Crippen LogP contribution >= 0.6 is 0 Å². The molecule has 0 aliphatic carbocycles. The summed E-state index contributed by atoms with van der Waals surface area (Å²) in [7, 11) is 0. The van der Waals surface area contributed by atoms with Gasteiger partial charge >= 0.3 is 6.18 Å². The molecule has 20 heavy (non-hydrogen) atoms. The number of aromatic nitrogens is 2. The fourth-order valence-corrected chi connectivity index (χ4v) is 1.54. The number of aryl methyl sites for hydroxylation is 1. The van der Waals surface area contributed by atoms with Crippen molar-refractivity contribution in [3.8, 4) is 0 Å². The van der Waals surface area contributed by atoms with Crippen molar-refractivity contribution in [1.29, 1.82) is 0 Å². The van der Waals surface area contributed by atoms with E-state index in [0.29, 0.717) is 5.69 Å². The maximum Gasteiger partial charge on any atom is 0.406 e. The average molecular weight is 291 g/mol. The van der Waals surface area contributed by atoms with Crippen molar-refractivity contribution in [3.63, 3.8) is 0 Å². The number of nitrogens with two attached hydrogens (primary N) is 1. The van der Waals surface area contributed by atoms with E-state index in [4.69, 9.17) is 10.9 Å². The highest BCUT2D eigenvalue weighted by Crippen LogP contribution is 2.22. The Bertz CT molecular complexity index is 501. The minimum Gasteiger partial charge on any atom is -0.409 e. The lowest BCUT2D eigenvalue weighted by atomic mass is 10.3.